The molecule has 0 bridgehead atoms. The number of likely N-dealkylation sites (N-methyl/N-ethyl adjacent to an activating group) is 1. The van der Waals surface area contributed by atoms with Gasteiger partial charge >= 0.3 is 0 Å². The lowest BCUT2D eigenvalue weighted by atomic mass is 10.1. The second kappa shape index (κ2) is 3.85. The molecule has 0 aliphatic carbocycles. The molecule has 5 heteroatoms. The Labute approximate surface area is 98.8 Å². The molecule has 0 radical (unpaired) electrons. The third-order valence-electron chi connectivity index (χ3n) is 3.04. The topological polar surface area (TPSA) is 61.0 Å². The first-order valence-electron chi connectivity index (χ1n) is 5.65. The van der Waals surface area contributed by atoms with Crippen LogP contribution in [0.1, 0.15) is 10.5 Å². The SMILES string of the molecule is CN1CC(NC(=O)c2cc3cccnc3[nH]2)C1. The number of carbonyl (C=O) groups is 1. The van der Waals surface area contributed by atoms with Gasteiger partial charge < -0.3 is 15.2 Å². The Hall–Kier alpha value is -1.88. The zero-order chi connectivity index (χ0) is 11.8. The molecule has 0 saturated carbocycles. The van der Waals surface area contributed by atoms with Gasteiger partial charge in [-0.1, -0.05) is 0 Å². The molecule has 2 aromatic heterocycles. The molecule has 0 aromatic carbocycles. The van der Waals surface area contributed by atoms with Gasteiger partial charge in [-0.2, -0.15) is 0 Å². The van der Waals surface area contributed by atoms with Crippen LogP contribution in [0.2, 0.25) is 0 Å². The normalized spacial score (nSPS) is 17.0. The van der Waals surface area contributed by atoms with E-state index >= 15 is 0 Å². The maximum atomic E-state index is 11.9. The number of hydrogen-bond acceptors (Lipinski definition) is 3. The van der Waals surface area contributed by atoms with Gasteiger partial charge in [0.2, 0.25) is 0 Å². The van der Waals surface area contributed by atoms with Gasteiger partial charge in [-0.15, -0.1) is 0 Å². The Balaban J connectivity index is 1.76. The lowest BCUT2D eigenvalue weighted by Gasteiger charge is -2.36. The van der Waals surface area contributed by atoms with Crippen molar-refractivity contribution in [3.8, 4) is 0 Å². The zero-order valence-electron chi connectivity index (χ0n) is 9.60. The van der Waals surface area contributed by atoms with Gasteiger partial charge in [0.15, 0.2) is 0 Å². The Bertz CT molecular complexity index is 523. The summed E-state index contributed by atoms with van der Waals surface area (Å²) in [6.45, 7) is 1.84. The summed E-state index contributed by atoms with van der Waals surface area (Å²) in [6.07, 6.45) is 1.71. The fraction of sp³-hybridized carbons (Fsp3) is 0.333. The monoisotopic (exact) mass is 230 g/mol. The number of carbonyl (C=O) groups excluding carboxylic acids is 1. The summed E-state index contributed by atoms with van der Waals surface area (Å²) in [5, 5.41) is 3.95. The van der Waals surface area contributed by atoms with E-state index in [4.69, 9.17) is 0 Å². The summed E-state index contributed by atoms with van der Waals surface area (Å²) in [5.41, 5.74) is 1.33. The highest BCUT2D eigenvalue weighted by Crippen LogP contribution is 2.13. The molecule has 0 atom stereocenters. The maximum Gasteiger partial charge on any atom is 0.268 e. The van der Waals surface area contributed by atoms with Gasteiger partial charge in [-0.05, 0) is 25.2 Å². The lowest BCUT2D eigenvalue weighted by molar-refractivity contribution is 0.0853. The molecule has 0 spiro atoms. The van der Waals surface area contributed by atoms with E-state index in [1.54, 1.807) is 6.20 Å². The predicted octanol–water partition coefficient (Wildman–Crippen LogP) is 0.607. The van der Waals surface area contributed by atoms with Crippen LogP contribution in [0.3, 0.4) is 0 Å². The minimum Gasteiger partial charge on any atom is -0.345 e. The van der Waals surface area contributed by atoms with E-state index in [1.807, 2.05) is 25.2 Å². The molecule has 2 aromatic rings. The average Bonchev–Trinajstić information content (AvgIpc) is 2.70. The number of amides is 1. The van der Waals surface area contributed by atoms with E-state index < -0.39 is 0 Å². The summed E-state index contributed by atoms with van der Waals surface area (Å²) in [4.78, 5) is 21.3. The standard InChI is InChI=1S/C12H14N4O/c1-16-6-9(7-16)14-12(17)10-5-8-3-2-4-13-11(8)15-10/h2-5,9H,6-7H2,1H3,(H,13,15)(H,14,17). The fourth-order valence-electron chi connectivity index (χ4n) is 2.13. The predicted molar refractivity (Wildman–Crippen MR) is 64.8 cm³/mol. The van der Waals surface area contributed by atoms with Crippen molar-refractivity contribution >= 4 is 16.9 Å². The number of likely N-dealkylation sites (tertiary alicyclic amines) is 1. The Morgan fingerprint density at radius 1 is 1.59 bits per heavy atom. The second-order valence-corrected chi connectivity index (χ2v) is 4.52. The van der Waals surface area contributed by atoms with Crippen molar-refractivity contribution in [2.45, 2.75) is 6.04 Å². The van der Waals surface area contributed by atoms with Crippen molar-refractivity contribution in [1.29, 1.82) is 0 Å². The van der Waals surface area contributed by atoms with E-state index in [-0.39, 0.29) is 11.9 Å². The van der Waals surface area contributed by atoms with Crippen molar-refractivity contribution < 1.29 is 4.79 Å². The van der Waals surface area contributed by atoms with Crippen LogP contribution in [0, 0.1) is 0 Å². The number of pyridine rings is 1. The molecule has 3 rings (SSSR count). The van der Waals surface area contributed by atoms with Gasteiger partial charge in [0, 0.05) is 24.7 Å². The van der Waals surface area contributed by atoms with Crippen LogP contribution >= 0.6 is 0 Å². The summed E-state index contributed by atoms with van der Waals surface area (Å²) in [6, 6.07) is 5.90. The lowest BCUT2D eigenvalue weighted by Crippen LogP contribution is -2.57. The fourth-order valence-corrected chi connectivity index (χ4v) is 2.13. The number of nitrogens with one attached hydrogen (secondary N) is 2. The molecule has 1 aliphatic rings. The smallest absolute Gasteiger partial charge is 0.268 e. The van der Waals surface area contributed by atoms with Crippen molar-refractivity contribution in [2.24, 2.45) is 0 Å². The summed E-state index contributed by atoms with van der Waals surface area (Å²) in [7, 11) is 2.04. The first kappa shape index (κ1) is 10.3. The summed E-state index contributed by atoms with van der Waals surface area (Å²) >= 11 is 0. The van der Waals surface area contributed by atoms with E-state index in [0.29, 0.717) is 5.69 Å². The zero-order valence-corrected chi connectivity index (χ0v) is 9.60. The van der Waals surface area contributed by atoms with Crippen molar-refractivity contribution in [2.75, 3.05) is 20.1 Å². The van der Waals surface area contributed by atoms with Crippen LogP contribution in [0.5, 0.6) is 0 Å². The van der Waals surface area contributed by atoms with Crippen molar-refractivity contribution in [3.63, 3.8) is 0 Å². The number of nitrogens with zero attached hydrogens (tertiary/aromatic N) is 2. The molecular weight excluding hydrogens is 216 g/mol. The first-order chi connectivity index (χ1) is 8.22. The molecule has 2 N–H and O–H groups in total. The minimum absolute atomic E-state index is 0.0545. The van der Waals surface area contributed by atoms with Gasteiger partial charge in [0.25, 0.3) is 5.91 Å². The molecule has 1 amide bonds. The van der Waals surface area contributed by atoms with E-state index in [0.717, 1.165) is 24.1 Å². The molecule has 1 fully saturated rings. The molecule has 5 nitrogen and oxygen atoms in total. The van der Waals surface area contributed by atoms with Gasteiger partial charge in [-0.3, -0.25) is 4.79 Å². The summed E-state index contributed by atoms with van der Waals surface area (Å²) < 4.78 is 0. The number of aromatic amines is 1. The van der Waals surface area contributed by atoms with E-state index in [1.165, 1.54) is 0 Å². The van der Waals surface area contributed by atoms with Gasteiger partial charge in [0.1, 0.15) is 11.3 Å². The maximum absolute atomic E-state index is 11.9. The minimum atomic E-state index is -0.0545. The number of H-pyrrole nitrogens is 1. The Kier molecular flexibility index (Phi) is 2.33. The third kappa shape index (κ3) is 1.89. The van der Waals surface area contributed by atoms with E-state index in [2.05, 4.69) is 20.2 Å². The van der Waals surface area contributed by atoms with Crippen LogP contribution in [0.25, 0.3) is 11.0 Å². The van der Waals surface area contributed by atoms with Gasteiger partial charge in [0.05, 0.1) is 6.04 Å². The molecule has 88 valence electrons. The number of hydrogen-bond donors (Lipinski definition) is 2. The Morgan fingerprint density at radius 3 is 3.12 bits per heavy atom. The molecule has 3 heterocycles. The van der Waals surface area contributed by atoms with Crippen LogP contribution in [-0.2, 0) is 0 Å². The largest absolute Gasteiger partial charge is 0.345 e. The van der Waals surface area contributed by atoms with Crippen LogP contribution in [0.4, 0.5) is 0 Å². The quantitative estimate of drug-likeness (QED) is 0.794. The van der Waals surface area contributed by atoms with Crippen LogP contribution in [-0.4, -0.2) is 47.0 Å². The van der Waals surface area contributed by atoms with E-state index in [9.17, 15) is 4.79 Å². The Morgan fingerprint density at radius 2 is 2.41 bits per heavy atom. The second-order valence-electron chi connectivity index (χ2n) is 4.52. The first-order valence-corrected chi connectivity index (χ1v) is 5.65. The summed E-state index contributed by atoms with van der Waals surface area (Å²) in [5.74, 6) is -0.0545. The highest BCUT2D eigenvalue weighted by atomic mass is 16.2. The molecule has 1 aliphatic heterocycles. The molecule has 1 saturated heterocycles. The number of rotatable bonds is 2. The average molecular weight is 230 g/mol. The van der Waals surface area contributed by atoms with Crippen LogP contribution < -0.4 is 5.32 Å². The van der Waals surface area contributed by atoms with Crippen LogP contribution in [0.15, 0.2) is 24.4 Å². The third-order valence-corrected chi connectivity index (χ3v) is 3.04. The number of fused-ring (bicyclic) bond motifs is 1. The van der Waals surface area contributed by atoms with Gasteiger partial charge in [-0.25, -0.2) is 4.98 Å². The highest BCUT2D eigenvalue weighted by Gasteiger charge is 2.25. The van der Waals surface area contributed by atoms with Crippen molar-refractivity contribution in [1.82, 2.24) is 20.2 Å². The molecule has 0 unspecified atom stereocenters. The number of aromatic nitrogens is 2. The molecular formula is C12H14N4O. The highest BCUT2D eigenvalue weighted by molar-refractivity contribution is 5.97. The molecule has 17 heavy (non-hydrogen) atoms. The van der Waals surface area contributed by atoms with Crippen molar-refractivity contribution in [3.05, 3.63) is 30.1 Å².